The standard InChI is InChI=1S/C21H16F2N4O/c22-13-3-4-14-16(10-13)21(28)27-26-20(14)8-11-1-5-17(23)15(7-11)12-2-6-18(24)19(25)9-12/h1-7,9-10H,8,24-25H2,(H,27,28). The summed E-state index contributed by atoms with van der Waals surface area (Å²) in [6, 6.07) is 13.6. The summed E-state index contributed by atoms with van der Waals surface area (Å²) >= 11 is 0. The van der Waals surface area contributed by atoms with Gasteiger partial charge in [0.2, 0.25) is 0 Å². The number of nitrogen functional groups attached to an aromatic ring is 2. The largest absolute Gasteiger partial charge is 0.397 e. The van der Waals surface area contributed by atoms with Gasteiger partial charge in [0.15, 0.2) is 0 Å². The van der Waals surface area contributed by atoms with E-state index in [1.165, 1.54) is 24.3 Å². The number of anilines is 2. The lowest BCUT2D eigenvalue weighted by Gasteiger charge is -2.10. The molecular weight excluding hydrogens is 362 g/mol. The predicted octanol–water partition coefficient (Wildman–Crippen LogP) is 3.62. The average Bonchev–Trinajstić information content (AvgIpc) is 2.68. The first-order valence-corrected chi connectivity index (χ1v) is 8.53. The molecule has 3 aromatic carbocycles. The molecule has 0 radical (unpaired) electrons. The van der Waals surface area contributed by atoms with Gasteiger partial charge in [0.05, 0.1) is 22.5 Å². The van der Waals surface area contributed by atoms with Crippen LogP contribution in [0.2, 0.25) is 0 Å². The zero-order chi connectivity index (χ0) is 19.8. The van der Waals surface area contributed by atoms with Crippen molar-refractivity contribution in [3.05, 3.63) is 87.8 Å². The van der Waals surface area contributed by atoms with E-state index in [4.69, 9.17) is 11.5 Å². The van der Waals surface area contributed by atoms with Crippen LogP contribution in [0.4, 0.5) is 20.2 Å². The Balaban J connectivity index is 1.78. The van der Waals surface area contributed by atoms with Crippen molar-refractivity contribution in [3.63, 3.8) is 0 Å². The van der Waals surface area contributed by atoms with Crippen LogP contribution in [0.3, 0.4) is 0 Å². The number of nitrogens with zero attached hydrogens (tertiary/aromatic N) is 1. The molecule has 1 aromatic heterocycles. The Morgan fingerprint density at radius 2 is 1.71 bits per heavy atom. The van der Waals surface area contributed by atoms with Crippen LogP contribution in [0.15, 0.2) is 59.4 Å². The smallest absolute Gasteiger partial charge is 0.272 e. The maximum Gasteiger partial charge on any atom is 0.272 e. The summed E-state index contributed by atoms with van der Waals surface area (Å²) in [5, 5.41) is 7.25. The minimum absolute atomic E-state index is 0.221. The normalized spacial score (nSPS) is 11.1. The fourth-order valence-corrected chi connectivity index (χ4v) is 3.17. The molecule has 0 saturated carbocycles. The molecule has 0 aliphatic heterocycles. The summed E-state index contributed by atoms with van der Waals surface area (Å²) in [4.78, 5) is 11.9. The molecule has 0 aliphatic rings. The molecule has 0 saturated heterocycles. The first kappa shape index (κ1) is 17.7. The van der Waals surface area contributed by atoms with Crippen LogP contribution in [0.1, 0.15) is 11.3 Å². The van der Waals surface area contributed by atoms with Gasteiger partial charge in [-0.15, -0.1) is 0 Å². The topological polar surface area (TPSA) is 97.8 Å². The molecule has 4 aromatic rings. The molecule has 0 bridgehead atoms. The van der Waals surface area contributed by atoms with Crippen LogP contribution in [-0.2, 0) is 6.42 Å². The van der Waals surface area contributed by atoms with E-state index in [-0.39, 0.29) is 5.39 Å². The van der Waals surface area contributed by atoms with Crippen molar-refractivity contribution in [3.8, 4) is 11.1 Å². The second-order valence-corrected chi connectivity index (χ2v) is 6.52. The number of nitrogens with two attached hydrogens (primary N) is 2. The summed E-state index contributed by atoms with van der Waals surface area (Å²) in [6.07, 6.45) is 0.330. The van der Waals surface area contributed by atoms with Gasteiger partial charge in [0, 0.05) is 17.4 Å². The number of hydrogen-bond donors (Lipinski definition) is 3. The van der Waals surface area contributed by atoms with Crippen LogP contribution in [0.25, 0.3) is 21.9 Å². The van der Waals surface area contributed by atoms with E-state index in [1.807, 2.05) is 0 Å². The number of benzene rings is 3. The molecule has 0 unspecified atom stereocenters. The van der Waals surface area contributed by atoms with Crippen LogP contribution in [0.5, 0.6) is 0 Å². The van der Waals surface area contributed by atoms with E-state index in [2.05, 4.69) is 10.2 Å². The fraction of sp³-hybridized carbons (Fsp3) is 0.0476. The molecule has 4 rings (SSSR count). The van der Waals surface area contributed by atoms with Gasteiger partial charge < -0.3 is 11.5 Å². The molecule has 0 amide bonds. The van der Waals surface area contributed by atoms with Gasteiger partial charge in [0.1, 0.15) is 11.6 Å². The summed E-state index contributed by atoms with van der Waals surface area (Å²) in [6.45, 7) is 0. The van der Waals surface area contributed by atoms with E-state index < -0.39 is 17.2 Å². The first-order valence-electron chi connectivity index (χ1n) is 8.53. The number of fused-ring (bicyclic) bond motifs is 1. The van der Waals surface area contributed by atoms with E-state index in [0.717, 1.165) is 5.56 Å². The van der Waals surface area contributed by atoms with E-state index in [9.17, 15) is 13.6 Å². The Morgan fingerprint density at radius 1 is 0.893 bits per heavy atom. The Hall–Kier alpha value is -3.74. The molecule has 5 N–H and O–H groups in total. The van der Waals surface area contributed by atoms with Crippen LogP contribution < -0.4 is 17.0 Å². The predicted molar refractivity (Wildman–Crippen MR) is 106 cm³/mol. The lowest BCUT2D eigenvalue weighted by Crippen LogP contribution is -2.11. The van der Waals surface area contributed by atoms with E-state index >= 15 is 0 Å². The highest BCUT2D eigenvalue weighted by molar-refractivity contribution is 5.84. The van der Waals surface area contributed by atoms with Crippen molar-refractivity contribution < 1.29 is 8.78 Å². The van der Waals surface area contributed by atoms with Crippen molar-refractivity contribution in [1.82, 2.24) is 10.2 Å². The Morgan fingerprint density at radius 3 is 2.50 bits per heavy atom. The number of H-pyrrole nitrogens is 1. The first-order chi connectivity index (χ1) is 13.4. The maximum absolute atomic E-state index is 14.4. The van der Waals surface area contributed by atoms with Gasteiger partial charge in [-0.2, -0.15) is 5.10 Å². The summed E-state index contributed by atoms with van der Waals surface area (Å²) < 4.78 is 27.9. The van der Waals surface area contributed by atoms with Gasteiger partial charge in [0.25, 0.3) is 5.56 Å². The average molecular weight is 378 g/mol. The van der Waals surface area contributed by atoms with Crippen LogP contribution >= 0.6 is 0 Å². The molecule has 0 fully saturated rings. The number of hydrogen-bond acceptors (Lipinski definition) is 4. The number of nitrogens with one attached hydrogen (secondary N) is 1. The quantitative estimate of drug-likeness (QED) is 0.474. The summed E-state index contributed by atoms with van der Waals surface area (Å²) in [5.74, 6) is -0.894. The monoisotopic (exact) mass is 378 g/mol. The second-order valence-electron chi connectivity index (χ2n) is 6.52. The minimum Gasteiger partial charge on any atom is -0.397 e. The minimum atomic E-state index is -0.500. The van der Waals surface area contributed by atoms with Gasteiger partial charge in [-0.1, -0.05) is 12.1 Å². The SMILES string of the molecule is Nc1ccc(-c2cc(Cc3n[nH]c(=O)c4cc(F)ccc34)ccc2F)cc1N. The molecule has 0 spiro atoms. The fourth-order valence-electron chi connectivity index (χ4n) is 3.17. The molecule has 5 nitrogen and oxygen atoms in total. The molecule has 7 heteroatoms. The molecular formula is C21H16F2N4O. The third kappa shape index (κ3) is 3.18. The Labute approximate surface area is 158 Å². The van der Waals surface area contributed by atoms with Crippen molar-refractivity contribution in [2.45, 2.75) is 6.42 Å². The summed E-state index contributed by atoms with van der Waals surface area (Å²) in [5.41, 5.74) is 14.2. The molecule has 1 heterocycles. The third-order valence-electron chi connectivity index (χ3n) is 4.63. The van der Waals surface area contributed by atoms with E-state index in [1.54, 1.807) is 30.3 Å². The van der Waals surface area contributed by atoms with Gasteiger partial charge >= 0.3 is 0 Å². The van der Waals surface area contributed by atoms with E-state index in [0.29, 0.717) is 40.0 Å². The van der Waals surface area contributed by atoms with Crippen molar-refractivity contribution in [2.75, 3.05) is 11.5 Å². The van der Waals surface area contributed by atoms with Gasteiger partial charge in [-0.3, -0.25) is 4.79 Å². The zero-order valence-corrected chi connectivity index (χ0v) is 14.7. The molecule has 0 atom stereocenters. The van der Waals surface area contributed by atoms with Crippen molar-refractivity contribution in [2.24, 2.45) is 0 Å². The van der Waals surface area contributed by atoms with Crippen molar-refractivity contribution >= 4 is 22.1 Å². The van der Waals surface area contributed by atoms with Gasteiger partial charge in [-0.05, 0) is 53.6 Å². The molecule has 28 heavy (non-hydrogen) atoms. The molecule has 0 aliphatic carbocycles. The Kier molecular flexibility index (Phi) is 4.27. The number of aromatic amines is 1. The number of aromatic nitrogens is 2. The summed E-state index contributed by atoms with van der Waals surface area (Å²) in [7, 11) is 0. The number of halogens is 2. The Bertz CT molecular complexity index is 1270. The molecule has 140 valence electrons. The lowest BCUT2D eigenvalue weighted by atomic mass is 9.98. The second kappa shape index (κ2) is 6.77. The third-order valence-corrected chi connectivity index (χ3v) is 4.63. The van der Waals surface area contributed by atoms with Gasteiger partial charge in [-0.25, -0.2) is 13.9 Å². The zero-order valence-electron chi connectivity index (χ0n) is 14.7. The highest BCUT2D eigenvalue weighted by atomic mass is 19.1. The van der Waals surface area contributed by atoms with Crippen LogP contribution in [0, 0.1) is 11.6 Å². The maximum atomic E-state index is 14.4. The van der Waals surface area contributed by atoms with Crippen molar-refractivity contribution in [1.29, 1.82) is 0 Å². The number of rotatable bonds is 3. The van der Waals surface area contributed by atoms with Crippen LogP contribution in [-0.4, -0.2) is 10.2 Å². The highest BCUT2D eigenvalue weighted by Gasteiger charge is 2.12. The highest BCUT2D eigenvalue weighted by Crippen LogP contribution is 2.29. The lowest BCUT2D eigenvalue weighted by molar-refractivity contribution is 0.629.